The quantitative estimate of drug-likeness (QED) is 0.603. The molecule has 0 radical (unpaired) electrons. The summed E-state index contributed by atoms with van der Waals surface area (Å²) in [5.74, 6) is -1.21. The Kier molecular flexibility index (Phi) is 6.79. The summed E-state index contributed by atoms with van der Waals surface area (Å²) in [6.45, 7) is 5.62. The highest BCUT2D eigenvalue weighted by atomic mass is 79.9. The molecule has 0 spiro atoms. The predicted octanol–water partition coefficient (Wildman–Crippen LogP) is 4.59. The van der Waals surface area contributed by atoms with Crippen molar-refractivity contribution in [2.24, 2.45) is 5.92 Å². The number of halogens is 1. The first-order valence-corrected chi connectivity index (χ1v) is 11.0. The van der Waals surface area contributed by atoms with E-state index in [0.717, 1.165) is 29.7 Å². The lowest BCUT2D eigenvalue weighted by Crippen LogP contribution is -2.30. The normalized spacial score (nSPS) is 16.6. The molecule has 2 aromatic heterocycles. The first-order valence-electron chi connectivity index (χ1n) is 9.39. The molecular formula is C20H22BrNO6S. The van der Waals surface area contributed by atoms with Crippen LogP contribution in [-0.4, -0.2) is 30.6 Å². The standard InChI is InChI=1S/C20H22BrNO6S/c1-4-26-20(25)16-12-6-5-10(2)9-14(12)29-18(16)22-17(23)11(3)27-19(24)13-7-8-15(21)28-13/h7-8,10-11H,4-6,9H2,1-3H3,(H,22,23)/t10-,11-/m0/s1. The molecule has 9 heteroatoms. The van der Waals surface area contributed by atoms with Gasteiger partial charge in [-0.3, -0.25) is 4.79 Å². The molecule has 7 nitrogen and oxygen atoms in total. The Morgan fingerprint density at radius 3 is 2.76 bits per heavy atom. The summed E-state index contributed by atoms with van der Waals surface area (Å²) < 4.78 is 15.9. The average Bonchev–Trinajstić information content (AvgIpc) is 3.24. The number of fused-ring (bicyclic) bond motifs is 1. The molecule has 1 amide bonds. The number of thiophene rings is 1. The van der Waals surface area contributed by atoms with Crippen LogP contribution in [0.3, 0.4) is 0 Å². The fourth-order valence-electron chi connectivity index (χ4n) is 3.17. The molecule has 0 unspecified atom stereocenters. The Hall–Kier alpha value is -2.13. The van der Waals surface area contributed by atoms with Crippen molar-refractivity contribution >= 4 is 50.1 Å². The third-order valence-corrected chi connectivity index (χ3v) is 6.25. The van der Waals surface area contributed by atoms with Gasteiger partial charge < -0.3 is 19.2 Å². The van der Waals surface area contributed by atoms with Crippen molar-refractivity contribution in [3.8, 4) is 0 Å². The van der Waals surface area contributed by atoms with E-state index in [4.69, 9.17) is 13.9 Å². The third kappa shape index (κ3) is 4.90. The summed E-state index contributed by atoms with van der Waals surface area (Å²) in [4.78, 5) is 38.3. The second-order valence-corrected chi connectivity index (χ2v) is 8.80. The number of anilines is 1. The molecule has 2 aromatic rings. The number of amides is 1. The smallest absolute Gasteiger partial charge is 0.375 e. The number of carbonyl (C=O) groups excluding carboxylic acids is 3. The van der Waals surface area contributed by atoms with Gasteiger partial charge in [-0.05, 0) is 72.7 Å². The van der Waals surface area contributed by atoms with Gasteiger partial charge in [-0.15, -0.1) is 11.3 Å². The largest absolute Gasteiger partial charge is 0.462 e. The summed E-state index contributed by atoms with van der Waals surface area (Å²) in [5.41, 5.74) is 1.37. The van der Waals surface area contributed by atoms with Crippen LogP contribution in [-0.2, 0) is 27.1 Å². The highest BCUT2D eigenvalue weighted by molar-refractivity contribution is 9.10. The highest BCUT2D eigenvalue weighted by Crippen LogP contribution is 2.40. The molecule has 1 N–H and O–H groups in total. The van der Waals surface area contributed by atoms with Crippen LogP contribution in [0.15, 0.2) is 21.2 Å². The van der Waals surface area contributed by atoms with Crippen LogP contribution < -0.4 is 5.32 Å². The van der Waals surface area contributed by atoms with Crippen LogP contribution >= 0.6 is 27.3 Å². The molecule has 29 heavy (non-hydrogen) atoms. The van der Waals surface area contributed by atoms with E-state index in [1.165, 1.54) is 24.3 Å². The minimum Gasteiger partial charge on any atom is -0.462 e. The summed E-state index contributed by atoms with van der Waals surface area (Å²) in [7, 11) is 0. The van der Waals surface area contributed by atoms with E-state index in [1.54, 1.807) is 13.0 Å². The first kappa shape index (κ1) is 21.6. The topological polar surface area (TPSA) is 94.8 Å². The van der Waals surface area contributed by atoms with Gasteiger partial charge in [0.05, 0.1) is 12.2 Å². The van der Waals surface area contributed by atoms with Crippen molar-refractivity contribution in [3.05, 3.63) is 38.6 Å². The molecule has 0 fully saturated rings. The van der Waals surface area contributed by atoms with Crippen molar-refractivity contribution in [1.29, 1.82) is 0 Å². The number of furan rings is 1. The average molecular weight is 484 g/mol. The molecular weight excluding hydrogens is 462 g/mol. The number of carbonyl (C=O) groups is 3. The fraction of sp³-hybridized carbons (Fsp3) is 0.450. The van der Waals surface area contributed by atoms with Gasteiger partial charge in [0, 0.05) is 4.88 Å². The lowest BCUT2D eigenvalue weighted by molar-refractivity contribution is -0.123. The van der Waals surface area contributed by atoms with Crippen LogP contribution in [0.2, 0.25) is 0 Å². The minimum absolute atomic E-state index is 0.00990. The van der Waals surface area contributed by atoms with Crippen molar-refractivity contribution < 1.29 is 28.3 Å². The Morgan fingerprint density at radius 2 is 2.10 bits per heavy atom. The number of nitrogens with one attached hydrogen (secondary N) is 1. The van der Waals surface area contributed by atoms with E-state index in [1.807, 2.05) is 0 Å². The molecule has 0 saturated carbocycles. The van der Waals surface area contributed by atoms with E-state index < -0.39 is 23.9 Å². The van der Waals surface area contributed by atoms with Crippen molar-refractivity contribution in [3.63, 3.8) is 0 Å². The maximum atomic E-state index is 12.6. The summed E-state index contributed by atoms with van der Waals surface area (Å²) in [5, 5.41) is 3.19. The van der Waals surface area contributed by atoms with Crippen LogP contribution in [0.1, 0.15) is 58.5 Å². The molecule has 1 aliphatic carbocycles. The van der Waals surface area contributed by atoms with E-state index in [2.05, 4.69) is 28.2 Å². The Morgan fingerprint density at radius 1 is 1.34 bits per heavy atom. The predicted molar refractivity (Wildman–Crippen MR) is 111 cm³/mol. The van der Waals surface area contributed by atoms with E-state index in [0.29, 0.717) is 21.2 Å². The lowest BCUT2D eigenvalue weighted by atomic mass is 9.88. The number of rotatable bonds is 6. The number of hydrogen-bond donors (Lipinski definition) is 1. The van der Waals surface area contributed by atoms with Crippen molar-refractivity contribution in [2.45, 2.75) is 46.1 Å². The van der Waals surface area contributed by atoms with Crippen LogP contribution in [0.5, 0.6) is 0 Å². The van der Waals surface area contributed by atoms with Crippen molar-refractivity contribution in [2.75, 3.05) is 11.9 Å². The highest BCUT2D eigenvalue weighted by Gasteiger charge is 2.30. The molecule has 0 saturated heterocycles. The van der Waals surface area contributed by atoms with E-state index >= 15 is 0 Å². The Balaban J connectivity index is 1.76. The van der Waals surface area contributed by atoms with Gasteiger partial charge in [-0.1, -0.05) is 6.92 Å². The van der Waals surface area contributed by atoms with E-state index in [9.17, 15) is 14.4 Å². The van der Waals surface area contributed by atoms with Crippen LogP contribution in [0, 0.1) is 5.92 Å². The van der Waals surface area contributed by atoms with Gasteiger partial charge in [0.2, 0.25) is 5.76 Å². The molecule has 156 valence electrons. The fourth-order valence-corrected chi connectivity index (χ4v) is 4.88. The number of esters is 2. The van der Waals surface area contributed by atoms with Gasteiger partial charge in [-0.2, -0.15) is 0 Å². The van der Waals surface area contributed by atoms with Gasteiger partial charge in [0.25, 0.3) is 5.91 Å². The minimum atomic E-state index is -1.07. The maximum absolute atomic E-state index is 12.6. The second-order valence-electron chi connectivity index (χ2n) is 6.92. The molecule has 2 atom stereocenters. The van der Waals surface area contributed by atoms with Gasteiger partial charge in [0.15, 0.2) is 10.8 Å². The molecule has 0 aromatic carbocycles. The Bertz CT molecular complexity index is 934. The lowest BCUT2D eigenvalue weighted by Gasteiger charge is -2.18. The molecule has 0 aliphatic heterocycles. The molecule has 3 rings (SSSR count). The first-order chi connectivity index (χ1) is 13.8. The Labute approximate surface area is 180 Å². The SMILES string of the molecule is CCOC(=O)c1c(NC(=O)[C@H](C)OC(=O)c2ccc(Br)o2)sc2c1CC[C@H](C)C2. The zero-order chi connectivity index (χ0) is 21.1. The van der Waals surface area contributed by atoms with Crippen molar-refractivity contribution in [1.82, 2.24) is 0 Å². The van der Waals surface area contributed by atoms with Gasteiger partial charge in [-0.25, -0.2) is 9.59 Å². The molecule has 2 heterocycles. The summed E-state index contributed by atoms with van der Waals surface area (Å²) in [6, 6.07) is 3.01. The molecule has 1 aliphatic rings. The second kappa shape index (κ2) is 9.13. The summed E-state index contributed by atoms with van der Waals surface area (Å²) >= 11 is 4.50. The zero-order valence-corrected chi connectivity index (χ0v) is 18.8. The van der Waals surface area contributed by atoms with Gasteiger partial charge >= 0.3 is 11.9 Å². The summed E-state index contributed by atoms with van der Waals surface area (Å²) in [6.07, 6.45) is 1.55. The van der Waals surface area contributed by atoms with E-state index in [-0.39, 0.29) is 12.4 Å². The van der Waals surface area contributed by atoms with Crippen LogP contribution in [0.25, 0.3) is 0 Å². The number of hydrogen-bond acceptors (Lipinski definition) is 7. The van der Waals surface area contributed by atoms with Crippen LogP contribution in [0.4, 0.5) is 5.00 Å². The number of ether oxygens (including phenoxy) is 2. The third-order valence-electron chi connectivity index (χ3n) is 4.66. The maximum Gasteiger partial charge on any atom is 0.375 e. The zero-order valence-electron chi connectivity index (χ0n) is 16.4. The molecule has 0 bridgehead atoms. The monoisotopic (exact) mass is 483 g/mol. The van der Waals surface area contributed by atoms with Gasteiger partial charge in [0.1, 0.15) is 5.00 Å².